The molecule has 2 heteroatoms. The SMILES string of the molecule is C[CH]O.[Fe]. The van der Waals surface area contributed by atoms with Crippen molar-refractivity contribution in [2.24, 2.45) is 0 Å². The Morgan fingerprint density at radius 2 is 1.75 bits per heavy atom. The van der Waals surface area contributed by atoms with E-state index in [0.29, 0.717) is 0 Å². The summed E-state index contributed by atoms with van der Waals surface area (Å²) in [4.78, 5) is 0. The molecule has 4 heavy (non-hydrogen) atoms. The molecule has 0 aromatic rings. The van der Waals surface area contributed by atoms with Crippen molar-refractivity contribution in [3.8, 4) is 0 Å². The molecule has 0 unspecified atom stereocenters. The minimum atomic E-state index is 0. The number of hydrogen-bond donors (Lipinski definition) is 1. The van der Waals surface area contributed by atoms with Crippen LogP contribution < -0.4 is 0 Å². The van der Waals surface area contributed by atoms with E-state index in [1.54, 1.807) is 6.92 Å². The Bertz CT molecular complexity index is 6.00. The fraction of sp³-hybridized carbons (Fsp3) is 0.500. The predicted octanol–water partition coefficient (Wildman–Crippen LogP) is 0.538. The molecule has 27 valence electrons. The molecule has 0 atom stereocenters. The van der Waals surface area contributed by atoms with Gasteiger partial charge in [0.1, 0.15) is 0 Å². The molecule has 1 nitrogen and oxygen atoms in total. The Balaban J connectivity index is 0. The summed E-state index contributed by atoms with van der Waals surface area (Å²) in [6.45, 7) is 2.56. The molecule has 0 bridgehead atoms. The zero-order valence-corrected chi connectivity index (χ0v) is 3.48. The molecule has 0 aromatic heterocycles. The first-order valence-electron chi connectivity index (χ1n) is 0.836. The van der Waals surface area contributed by atoms with E-state index in [2.05, 4.69) is 0 Å². The van der Waals surface area contributed by atoms with E-state index in [4.69, 9.17) is 5.11 Å². The topological polar surface area (TPSA) is 20.2 Å². The van der Waals surface area contributed by atoms with Crippen LogP contribution in [0.1, 0.15) is 6.92 Å². The molecular weight excluding hydrogens is 95.9 g/mol. The van der Waals surface area contributed by atoms with Gasteiger partial charge in [-0.1, -0.05) is 0 Å². The van der Waals surface area contributed by atoms with Gasteiger partial charge in [0.15, 0.2) is 0 Å². The van der Waals surface area contributed by atoms with Crippen molar-refractivity contribution in [1.82, 2.24) is 0 Å². The molecule has 1 N–H and O–H groups in total. The van der Waals surface area contributed by atoms with Crippen LogP contribution in [0.4, 0.5) is 0 Å². The van der Waals surface area contributed by atoms with E-state index in [9.17, 15) is 0 Å². The summed E-state index contributed by atoms with van der Waals surface area (Å²) in [6.07, 6.45) is 0. The van der Waals surface area contributed by atoms with Gasteiger partial charge in [-0.05, 0) is 6.92 Å². The van der Waals surface area contributed by atoms with Crippen molar-refractivity contribution in [2.75, 3.05) is 0 Å². The fourth-order valence-electron chi connectivity index (χ4n) is 0. The van der Waals surface area contributed by atoms with Crippen LogP contribution in [-0.2, 0) is 17.1 Å². The zero-order valence-electron chi connectivity index (χ0n) is 2.38. The second-order valence-electron chi connectivity index (χ2n) is 0.258. The Morgan fingerprint density at radius 3 is 1.75 bits per heavy atom. The van der Waals surface area contributed by atoms with Gasteiger partial charge < -0.3 is 5.11 Å². The second-order valence-corrected chi connectivity index (χ2v) is 0.258. The smallest absolute Gasteiger partial charge is 0.0768 e. The van der Waals surface area contributed by atoms with Gasteiger partial charge >= 0.3 is 0 Å². The summed E-state index contributed by atoms with van der Waals surface area (Å²) >= 11 is 0. The first kappa shape index (κ1) is 8.82. The summed E-state index contributed by atoms with van der Waals surface area (Å²) in [6, 6.07) is 0. The van der Waals surface area contributed by atoms with Crippen molar-refractivity contribution in [2.45, 2.75) is 6.92 Å². The maximum Gasteiger partial charge on any atom is 0.0768 e. The van der Waals surface area contributed by atoms with E-state index >= 15 is 0 Å². The van der Waals surface area contributed by atoms with Gasteiger partial charge in [0.05, 0.1) is 6.61 Å². The molecule has 0 saturated heterocycles. The summed E-state index contributed by atoms with van der Waals surface area (Å²) in [5.74, 6) is 0. The van der Waals surface area contributed by atoms with Gasteiger partial charge in [-0.2, -0.15) is 0 Å². The van der Waals surface area contributed by atoms with Crippen LogP contribution in [0.5, 0.6) is 0 Å². The van der Waals surface area contributed by atoms with Gasteiger partial charge in [-0.15, -0.1) is 0 Å². The summed E-state index contributed by atoms with van der Waals surface area (Å²) in [5.41, 5.74) is 0. The first-order chi connectivity index (χ1) is 1.41. The molecule has 0 fully saturated rings. The second kappa shape index (κ2) is 9.77. The molecule has 0 aliphatic heterocycles. The van der Waals surface area contributed by atoms with Crippen molar-refractivity contribution in [1.29, 1.82) is 0 Å². The zero-order chi connectivity index (χ0) is 2.71. The third-order valence-corrected chi connectivity index (χ3v) is 0. The first-order valence-corrected chi connectivity index (χ1v) is 0.836. The summed E-state index contributed by atoms with van der Waals surface area (Å²) < 4.78 is 0. The average Bonchev–Trinajstić information content (AvgIpc) is 0.918. The maximum absolute atomic E-state index is 7.44. The van der Waals surface area contributed by atoms with Crippen LogP contribution in [0.3, 0.4) is 0 Å². The van der Waals surface area contributed by atoms with E-state index in [1.807, 2.05) is 0 Å². The normalized spacial score (nSPS) is 4.50. The molecule has 0 aromatic carbocycles. The molecule has 0 aliphatic rings. The van der Waals surface area contributed by atoms with Crippen LogP contribution in [0, 0.1) is 6.61 Å². The quantitative estimate of drug-likeness (QED) is 0.441. The number of aliphatic hydroxyl groups is 1. The molecule has 0 rings (SSSR count). The molecule has 0 spiro atoms. The maximum atomic E-state index is 7.44. The third-order valence-electron chi connectivity index (χ3n) is 0. The van der Waals surface area contributed by atoms with E-state index in [-0.39, 0.29) is 17.1 Å². The summed E-state index contributed by atoms with van der Waals surface area (Å²) in [5, 5.41) is 7.44. The van der Waals surface area contributed by atoms with Gasteiger partial charge in [0.25, 0.3) is 0 Å². The van der Waals surface area contributed by atoms with Crippen LogP contribution in [0.2, 0.25) is 0 Å². The number of rotatable bonds is 0. The van der Waals surface area contributed by atoms with Crippen molar-refractivity contribution in [3.63, 3.8) is 0 Å². The Hall–Kier alpha value is 0.479. The van der Waals surface area contributed by atoms with Gasteiger partial charge in [0.2, 0.25) is 0 Å². The van der Waals surface area contributed by atoms with Crippen molar-refractivity contribution < 1.29 is 22.2 Å². The van der Waals surface area contributed by atoms with E-state index < -0.39 is 0 Å². The Kier molecular flexibility index (Phi) is 21.6. The van der Waals surface area contributed by atoms with Crippen LogP contribution >= 0.6 is 0 Å². The number of aliphatic hydroxyl groups excluding tert-OH is 1. The molecule has 1 radical (unpaired) electrons. The van der Waals surface area contributed by atoms with Crippen molar-refractivity contribution >= 4 is 0 Å². The van der Waals surface area contributed by atoms with Gasteiger partial charge in [-0.25, -0.2) is 0 Å². The average molecular weight is 101 g/mol. The van der Waals surface area contributed by atoms with Gasteiger partial charge in [-0.3, -0.25) is 0 Å². The van der Waals surface area contributed by atoms with Crippen LogP contribution in [0.25, 0.3) is 0 Å². The Morgan fingerprint density at radius 1 is 1.75 bits per heavy atom. The summed E-state index contributed by atoms with van der Waals surface area (Å²) in [7, 11) is 0. The molecule has 0 amide bonds. The van der Waals surface area contributed by atoms with Crippen molar-refractivity contribution in [3.05, 3.63) is 6.61 Å². The van der Waals surface area contributed by atoms with Gasteiger partial charge in [0, 0.05) is 17.1 Å². The minimum absolute atomic E-state index is 0. The molecular formula is C2H5FeO. The fourth-order valence-corrected chi connectivity index (χ4v) is 0. The minimum Gasteiger partial charge on any atom is -0.391 e. The largest absolute Gasteiger partial charge is 0.391 e. The number of hydrogen-bond acceptors (Lipinski definition) is 1. The molecule has 0 saturated carbocycles. The Labute approximate surface area is 36.5 Å². The monoisotopic (exact) mass is 101 g/mol. The van der Waals surface area contributed by atoms with Crippen LogP contribution in [-0.4, -0.2) is 5.11 Å². The standard InChI is InChI=1S/C2H5O.Fe/c1-2-3;/h2-3H,1H3;. The predicted molar refractivity (Wildman–Crippen MR) is 11.9 cm³/mol. The molecule has 0 aliphatic carbocycles. The van der Waals surface area contributed by atoms with Crippen LogP contribution in [0.15, 0.2) is 0 Å². The van der Waals surface area contributed by atoms with E-state index in [0.717, 1.165) is 6.61 Å². The van der Waals surface area contributed by atoms with E-state index in [1.165, 1.54) is 0 Å². The third kappa shape index (κ3) is 23.6. The molecule has 0 heterocycles.